The van der Waals surface area contributed by atoms with Gasteiger partial charge in [0, 0.05) is 25.6 Å². The third-order valence-corrected chi connectivity index (χ3v) is 5.80. The number of aliphatic hydroxyl groups excluding tert-OH is 1. The molecule has 1 fully saturated rings. The summed E-state index contributed by atoms with van der Waals surface area (Å²) >= 11 is 0. The van der Waals surface area contributed by atoms with E-state index in [1.165, 1.54) is 20.2 Å². The molecule has 1 aliphatic rings. The number of aliphatic hydroxyl groups is 1. The molecule has 1 saturated carbocycles. The van der Waals surface area contributed by atoms with Gasteiger partial charge in [0.05, 0.1) is 12.6 Å². The minimum Gasteiger partial charge on any atom is -0.447 e. The van der Waals surface area contributed by atoms with Crippen LogP contribution in [0.15, 0.2) is 21.6 Å². The SMILES string of the molecule is CN(C)S(=O)(=O)c1ccc(CNC2CC(O)C2(C)C)o1. The Labute approximate surface area is 119 Å². The zero-order chi connectivity index (χ0) is 15.1. The second-order valence-corrected chi connectivity index (χ2v) is 8.10. The maximum Gasteiger partial charge on any atom is 0.275 e. The van der Waals surface area contributed by atoms with Crippen molar-refractivity contribution in [2.45, 2.75) is 44.1 Å². The van der Waals surface area contributed by atoms with Crippen LogP contribution in [0.2, 0.25) is 0 Å². The van der Waals surface area contributed by atoms with Gasteiger partial charge < -0.3 is 14.8 Å². The lowest BCUT2D eigenvalue weighted by atomic mass is 9.64. The molecule has 114 valence electrons. The Kier molecular flexibility index (Phi) is 3.98. The van der Waals surface area contributed by atoms with E-state index in [2.05, 4.69) is 5.32 Å². The summed E-state index contributed by atoms with van der Waals surface area (Å²) in [5.74, 6) is 0.572. The van der Waals surface area contributed by atoms with Crippen molar-refractivity contribution in [2.24, 2.45) is 5.41 Å². The highest BCUT2D eigenvalue weighted by Gasteiger charge is 2.46. The largest absolute Gasteiger partial charge is 0.447 e. The molecule has 0 amide bonds. The average Bonchev–Trinajstić information content (AvgIpc) is 2.83. The Hall–Kier alpha value is -0.890. The van der Waals surface area contributed by atoms with Crippen molar-refractivity contribution in [1.82, 2.24) is 9.62 Å². The second kappa shape index (κ2) is 5.14. The molecule has 2 atom stereocenters. The van der Waals surface area contributed by atoms with Gasteiger partial charge in [-0.1, -0.05) is 13.8 Å². The maximum atomic E-state index is 11.9. The first-order valence-electron chi connectivity index (χ1n) is 6.58. The molecular formula is C13H22N2O4S. The molecule has 0 spiro atoms. The minimum atomic E-state index is -3.52. The van der Waals surface area contributed by atoms with Gasteiger partial charge in [-0.05, 0) is 18.6 Å². The fraction of sp³-hybridized carbons (Fsp3) is 0.692. The molecule has 6 nitrogen and oxygen atoms in total. The van der Waals surface area contributed by atoms with Crippen molar-refractivity contribution in [3.05, 3.63) is 17.9 Å². The van der Waals surface area contributed by atoms with Crippen molar-refractivity contribution in [1.29, 1.82) is 0 Å². The second-order valence-electron chi connectivity index (χ2n) is 6.01. The molecule has 2 N–H and O–H groups in total. The molecule has 1 aliphatic carbocycles. The first-order chi connectivity index (χ1) is 9.15. The Morgan fingerprint density at radius 1 is 1.45 bits per heavy atom. The summed E-state index contributed by atoms with van der Waals surface area (Å²) in [7, 11) is -0.586. The summed E-state index contributed by atoms with van der Waals surface area (Å²) in [6, 6.07) is 3.33. The van der Waals surface area contributed by atoms with E-state index in [4.69, 9.17) is 4.42 Å². The van der Waals surface area contributed by atoms with E-state index in [-0.39, 0.29) is 22.7 Å². The van der Waals surface area contributed by atoms with Crippen LogP contribution < -0.4 is 5.32 Å². The van der Waals surface area contributed by atoms with Crippen LogP contribution in [0.5, 0.6) is 0 Å². The topological polar surface area (TPSA) is 82.8 Å². The quantitative estimate of drug-likeness (QED) is 0.840. The van der Waals surface area contributed by atoms with E-state index in [0.717, 1.165) is 4.31 Å². The summed E-state index contributed by atoms with van der Waals surface area (Å²) in [6.07, 6.45) is 0.414. The molecule has 7 heteroatoms. The van der Waals surface area contributed by atoms with Crippen LogP contribution in [0.25, 0.3) is 0 Å². The normalized spacial score (nSPS) is 25.7. The van der Waals surface area contributed by atoms with E-state index >= 15 is 0 Å². The minimum absolute atomic E-state index is 0.0489. The van der Waals surface area contributed by atoms with Crippen LogP contribution in [0, 0.1) is 5.41 Å². The van der Waals surface area contributed by atoms with Gasteiger partial charge >= 0.3 is 0 Å². The third kappa shape index (κ3) is 2.63. The number of furan rings is 1. The highest BCUT2D eigenvalue weighted by atomic mass is 32.2. The summed E-state index contributed by atoms with van der Waals surface area (Å²) in [5, 5.41) is 12.9. The zero-order valence-corrected chi connectivity index (χ0v) is 13.1. The molecule has 0 radical (unpaired) electrons. The maximum absolute atomic E-state index is 11.9. The van der Waals surface area contributed by atoms with Gasteiger partial charge in [-0.2, -0.15) is 0 Å². The molecule has 0 aliphatic heterocycles. The van der Waals surface area contributed by atoms with Crippen LogP contribution in [0.3, 0.4) is 0 Å². The summed E-state index contributed by atoms with van der Waals surface area (Å²) in [6.45, 7) is 4.45. The molecular weight excluding hydrogens is 280 g/mol. The van der Waals surface area contributed by atoms with Crippen LogP contribution in [0.4, 0.5) is 0 Å². The monoisotopic (exact) mass is 302 g/mol. The predicted molar refractivity (Wildman–Crippen MR) is 74.6 cm³/mol. The molecule has 0 bridgehead atoms. The van der Waals surface area contributed by atoms with Crippen LogP contribution in [-0.4, -0.2) is 44.1 Å². The van der Waals surface area contributed by atoms with Crippen molar-refractivity contribution >= 4 is 10.0 Å². The van der Waals surface area contributed by atoms with E-state index < -0.39 is 10.0 Å². The molecule has 1 heterocycles. The van der Waals surface area contributed by atoms with Gasteiger partial charge in [0.2, 0.25) is 5.09 Å². The number of hydrogen-bond acceptors (Lipinski definition) is 5. The van der Waals surface area contributed by atoms with E-state index in [0.29, 0.717) is 18.7 Å². The molecule has 2 unspecified atom stereocenters. The number of sulfonamides is 1. The number of nitrogens with one attached hydrogen (secondary N) is 1. The summed E-state index contributed by atoms with van der Waals surface area (Å²) < 4.78 is 30.2. The Balaban J connectivity index is 1.98. The van der Waals surface area contributed by atoms with Gasteiger partial charge in [-0.3, -0.25) is 0 Å². The van der Waals surface area contributed by atoms with Crippen molar-refractivity contribution < 1.29 is 17.9 Å². The molecule has 2 rings (SSSR count). The van der Waals surface area contributed by atoms with Crippen LogP contribution >= 0.6 is 0 Å². The van der Waals surface area contributed by atoms with Gasteiger partial charge in [0.25, 0.3) is 10.0 Å². The van der Waals surface area contributed by atoms with Crippen molar-refractivity contribution in [2.75, 3.05) is 14.1 Å². The lowest BCUT2D eigenvalue weighted by Gasteiger charge is -2.49. The Morgan fingerprint density at radius 2 is 2.10 bits per heavy atom. The summed E-state index contributed by atoms with van der Waals surface area (Å²) in [5.41, 5.74) is -0.162. The highest BCUT2D eigenvalue weighted by molar-refractivity contribution is 7.88. The lowest BCUT2D eigenvalue weighted by Crippen LogP contribution is -2.59. The number of nitrogens with zero attached hydrogens (tertiary/aromatic N) is 1. The number of rotatable bonds is 5. The number of hydrogen-bond donors (Lipinski definition) is 2. The highest BCUT2D eigenvalue weighted by Crippen LogP contribution is 2.40. The van der Waals surface area contributed by atoms with E-state index in [1.807, 2.05) is 13.8 Å². The van der Waals surface area contributed by atoms with Gasteiger partial charge in [-0.15, -0.1) is 0 Å². The van der Waals surface area contributed by atoms with E-state index in [9.17, 15) is 13.5 Å². The summed E-state index contributed by atoms with van der Waals surface area (Å²) in [4.78, 5) is 0. The van der Waals surface area contributed by atoms with Gasteiger partial charge in [0.1, 0.15) is 5.76 Å². The first-order valence-corrected chi connectivity index (χ1v) is 8.02. The average molecular weight is 302 g/mol. The third-order valence-electron chi connectivity index (χ3n) is 4.11. The van der Waals surface area contributed by atoms with Crippen molar-refractivity contribution in [3.63, 3.8) is 0 Å². The molecule has 1 aromatic heterocycles. The molecule has 20 heavy (non-hydrogen) atoms. The predicted octanol–water partition coefficient (Wildman–Crippen LogP) is 0.779. The Morgan fingerprint density at radius 3 is 2.60 bits per heavy atom. The fourth-order valence-electron chi connectivity index (χ4n) is 2.24. The zero-order valence-electron chi connectivity index (χ0n) is 12.3. The lowest BCUT2D eigenvalue weighted by molar-refractivity contribution is -0.0734. The van der Waals surface area contributed by atoms with Gasteiger partial charge in [-0.25, -0.2) is 12.7 Å². The van der Waals surface area contributed by atoms with Crippen LogP contribution in [-0.2, 0) is 16.6 Å². The smallest absolute Gasteiger partial charge is 0.275 e. The molecule has 0 aromatic carbocycles. The van der Waals surface area contributed by atoms with Crippen molar-refractivity contribution in [3.8, 4) is 0 Å². The van der Waals surface area contributed by atoms with Crippen LogP contribution in [0.1, 0.15) is 26.0 Å². The fourth-order valence-corrected chi connectivity index (χ4v) is 3.06. The van der Waals surface area contributed by atoms with E-state index in [1.54, 1.807) is 6.07 Å². The standard InChI is InChI=1S/C13H22N2O4S/c1-13(2)10(7-11(13)16)14-8-9-5-6-12(19-9)20(17,18)15(3)4/h5-6,10-11,14,16H,7-8H2,1-4H3. The molecule has 1 aromatic rings. The molecule has 0 saturated heterocycles. The first kappa shape index (κ1) is 15.5. The Bertz CT molecular complexity index is 577. The van der Waals surface area contributed by atoms with Gasteiger partial charge in [0.15, 0.2) is 0 Å².